The van der Waals surface area contributed by atoms with Gasteiger partial charge in [-0.1, -0.05) is 60.7 Å². The van der Waals surface area contributed by atoms with E-state index in [1.807, 2.05) is 72.5 Å². The molecule has 164 valence electrons. The van der Waals surface area contributed by atoms with Crippen molar-refractivity contribution in [3.63, 3.8) is 0 Å². The van der Waals surface area contributed by atoms with Gasteiger partial charge in [-0.2, -0.15) is 0 Å². The minimum atomic E-state index is -0.0933. The largest absolute Gasteiger partial charge is 0.324 e. The summed E-state index contributed by atoms with van der Waals surface area (Å²) < 4.78 is 0. The molecule has 0 spiro atoms. The molecule has 3 amide bonds. The summed E-state index contributed by atoms with van der Waals surface area (Å²) in [6.45, 7) is 6.00. The molecule has 0 aliphatic carbocycles. The first-order valence-electron chi connectivity index (χ1n) is 11.1. The van der Waals surface area contributed by atoms with Crippen LogP contribution < -0.4 is 10.2 Å². The first kappa shape index (κ1) is 21.6. The Balaban J connectivity index is 1.54. The summed E-state index contributed by atoms with van der Waals surface area (Å²) in [5, 5.41) is 3.04. The Morgan fingerprint density at radius 3 is 2.47 bits per heavy atom. The van der Waals surface area contributed by atoms with Crippen molar-refractivity contribution in [3.05, 3.63) is 95.1 Å². The standard InChI is InChI=1S/C27H29N3O2/c1-20-13-14-25(24(17-20)28-26(31)18-22-10-4-3-5-11-22)30-16-8-15-29(27(30)32)19-23-12-7-6-9-21(23)2/h3-7,9-14,17H,8,15-16,18-19H2,1-2H3,(H,28,31). The van der Waals surface area contributed by atoms with Crippen molar-refractivity contribution in [2.24, 2.45) is 0 Å². The van der Waals surface area contributed by atoms with Gasteiger partial charge in [-0.15, -0.1) is 0 Å². The van der Waals surface area contributed by atoms with Crippen LogP contribution in [0.5, 0.6) is 0 Å². The highest BCUT2D eigenvalue weighted by atomic mass is 16.2. The molecule has 0 aromatic heterocycles. The van der Waals surface area contributed by atoms with Crippen molar-refractivity contribution in [1.29, 1.82) is 0 Å². The van der Waals surface area contributed by atoms with Gasteiger partial charge >= 0.3 is 6.03 Å². The first-order chi connectivity index (χ1) is 15.5. The Bertz CT molecular complexity index is 1110. The van der Waals surface area contributed by atoms with Gasteiger partial charge in [0.1, 0.15) is 0 Å². The number of carbonyl (C=O) groups is 2. The Hall–Kier alpha value is -3.60. The van der Waals surface area contributed by atoms with Crippen LogP contribution in [0.3, 0.4) is 0 Å². The number of rotatable bonds is 6. The number of nitrogens with zero attached hydrogens (tertiary/aromatic N) is 2. The average molecular weight is 428 g/mol. The van der Waals surface area contributed by atoms with Crippen LogP contribution >= 0.6 is 0 Å². The lowest BCUT2D eigenvalue weighted by Gasteiger charge is -2.36. The Labute approximate surface area is 189 Å². The monoisotopic (exact) mass is 427 g/mol. The molecule has 0 bridgehead atoms. The molecule has 1 N–H and O–H groups in total. The third-order valence-electron chi connectivity index (χ3n) is 5.86. The van der Waals surface area contributed by atoms with E-state index in [4.69, 9.17) is 0 Å². The molecule has 1 aliphatic heterocycles. The maximum absolute atomic E-state index is 13.4. The molecule has 1 aliphatic rings. The van der Waals surface area contributed by atoms with Gasteiger partial charge in [0.15, 0.2) is 0 Å². The molecular formula is C27H29N3O2. The van der Waals surface area contributed by atoms with E-state index < -0.39 is 0 Å². The zero-order valence-corrected chi connectivity index (χ0v) is 18.7. The molecule has 0 unspecified atom stereocenters. The molecule has 5 heteroatoms. The number of hydrogen-bond acceptors (Lipinski definition) is 2. The Kier molecular flexibility index (Phi) is 6.55. The fourth-order valence-electron chi connectivity index (χ4n) is 4.11. The predicted octanol–water partition coefficient (Wildman–Crippen LogP) is 5.32. The van der Waals surface area contributed by atoms with Crippen molar-refractivity contribution in [2.75, 3.05) is 23.3 Å². The summed E-state index contributed by atoms with van der Waals surface area (Å²) >= 11 is 0. The number of hydrogen-bond donors (Lipinski definition) is 1. The number of anilines is 2. The molecule has 5 nitrogen and oxygen atoms in total. The van der Waals surface area contributed by atoms with Crippen LogP contribution in [0.1, 0.15) is 28.7 Å². The number of carbonyl (C=O) groups excluding carboxylic acids is 2. The molecule has 0 saturated carbocycles. The van der Waals surface area contributed by atoms with Crippen molar-refractivity contribution < 1.29 is 9.59 Å². The van der Waals surface area contributed by atoms with Gasteiger partial charge < -0.3 is 10.2 Å². The second-order valence-electron chi connectivity index (χ2n) is 8.37. The van der Waals surface area contributed by atoms with Gasteiger partial charge in [0, 0.05) is 19.6 Å². The molecule has 1 fully saturated rings. The van der Waals surface area contributed by atoms with Crippen LogP contribution in [0.25, 0.3) is 0 Å². The lowest BCUT2D eigenvalue weighted by Crippen LogP contribution is -2.49. The van der Waals surface area contributed by atoms with Crippen LogP contribution in [0, 0.1) is 13.8 Å². The lowest BCUT2D eigenvalue weighted by atomic mass is 10.1. The van der Waals surface area contributed by atoms with Gasteiger partial charge in [-0.25, -0.2) is 4.79 Å². The van der Waals surface area contributed by atoms with Crippen molar-refractivity contribution in [2.45, 2.75) is 33.2 Å². The van der Waals surface area contributed by atoms with Crippen LogP contribution in [-0.4, -0.2) is 29.9 Å². The zero-order chi connectivity index (χ0) is 22.5. The van der Waals surface area contributed by atoms with Gasteiger partial charge in [-0.05, 0) is 54.7 Å². The first-order valence-corrected chi connectivity index (χ1v) is 11.1. The molecule has 1 heterocycles. The summed E-state index contributed by atoms with van der Waals surface area (Å²) in [4.78, 5) is 29.8. The van der Waals surface area contributed by atoms with E-state index in [2.05, 4.69) is 24.4 Å². The predicted molar refractivity (Wildman–Crippen MR) is 129 cm³/mol. The topological polar surface area (TPSA) is 52.6 Å². The maximum Gasteiger partial charge on any atom is 0.324 e. The minimum Gasteiger partial charge on any atom is -0.324 e. The molecule has 0 atom stereocenters. The number of nitrogens with one attached hydrogen (secondary N) is 1. The number of benzene rings is 3. The quantitative estimate of drug-likeness (QED) is 0.579. The number of urea groups is 1. The lowest BCUT2D eigenvalue weighted by molar-refractivity contribution is -0.115. The average Bonchev–Trinajstić information content (AvgIpc) is 2.78. The van der Waals surface area contributed by atoms with Crippen LogP contribution in [-0.2, 0) is 17.8 Å². The van der Waals surface area contributed by atoms with Gasteiger partial charge in [-0.3, -0.25) is 9.69 Å². The van der Waals surface area contributed by atoms with Gasteiger partial charge in [0.2, 0.25) is 5.91 Å². The van der Waals surface area contributed by atoms with E-state index in [0.717, 1.165) is 35.3 Å². The Morgan fingerprint density at radius 2 is 1.69 bits per heavy atom. The van der Waals surface area contributed by atoms with E-state index in [1.165, 1.54) is 5.56 Å². The van der Waals surface area contributed by atoms with E-state index in [-0.39, 0.29) is 11.9 Å². The smallest absolute Gasteiger partial charge is 0.324 e. The van der Waals surface area contributed by atoms with Crippen LogP contribution in [0.15, 0.2) is 72.8 Å². The van der Waals surface area contributed by atoms with E-state index in [0.29, 0.717) is 25.2 Å². The molecule has 0 radical (unpaired) electrons. The van der Waals surface area contributed by atoms with Crippen LogP contribution in [0.2, 0.25) is 0 Å². The van der Waals surface area contributed by atoms with E-state index >= 15 is 0 Å². The fourth-order valence-corrected chi connectivity index (χ4v) is 4.11. The fraction of sp³-hybridized carbons (Fsp3) is 0.259. The summed E-state index contributed by atoms with van der Waals surface area (Å²) in [7, 11) is 0. The van der Waals surface area contributed by atoms with Crippen LogP contribution in [0.4, 0.5) is 16.2 Å². The second kappa shape index (κ2) is 9.69. The maximum atomic E-state index is 13.4. The highest BCUT2D eigenvalue weighted by molar-refractivity contribution is 6.01. The third-order valence-corrected chi connectivity index (χ3v) is 5.86. The molecule has 4 rings (SSSR count). The highest BCUT2D eigenvalue weighted by Crippen LogP contribution is 2.30. The van der Waals surface area contributed by atoms with Crippen molar-refractivity contribution in [1.82, 2.24) is 4.90 Å². The summed E-state index contributed by atoms with van der Waals surface area (Å²) in [6, 6.07) is 23.7. The number of amides is 3. The zero-order valence-electron chi connectivity index (χ0n) is 18.7. The molecule has 3 aromatic carbocycles. The molecule has 1 saturated heterocycles. The summed E-state index contributed by atoms with van der Waals surface area (Å²) in [5.74, 6) is -0.0933. The third kappa shape index (κ3) is 4.99. The minimum absolute atomic E-state index is 0.0260. The Morgan fingerprint density at radius 1 is 0.938 bits per heavy atom. The normalized spacial score (nSPS) is 13.9. The molecule has 32 heavy (non-hydrogen) atoms. The summed E-state index contributed by atoms with van der Waals surface area (Å²) in [5.41, 5.74) is 5.75. The van der Waals surface area contributed by atoms with Crippen molar-refractivity contribution in [3.8, 4) is 0 Å². The van der Waals surface area contributed by atoms with Crippen molar-refractivity contribution >= 4 is 23.3 Å². The van der Waals surface area contributed by atoms with E-state index in [9.17, 15) is 9.59 Å². The second-order valence-corrected chi connectivity index (χ2v) is 8.37. The molecule has 3 aromatic rings. The van der Waals surface area contributed by atoms with Gasteiger partial charge in [0.05, 0.1) is 17.8 Å². The van der Waals surface area contributed by atoms with E-state index in [1.54, 1.807) is 4.90 Å². The SMILES string of the molecule is Cc1ccc(N2CCCN(Cc3ccccc3C)C2=O)c(NC(=O)Cc2ccccc2)c1. The highest BCUT2D eigenvalue weighted by Gasteiger charge is 2.29. The molecular weight excluding hydrogens is 398 g/mol. The van der Waals surface area contributed by atoms with Gasteiger partial charge in [0.25, 0.3) is 0 Å². The summed E-state index contributed by atoms with van der Waals surface area (Å²) in [6.07, 6.45) is 1.17. The number of aryl methyl sites for hydroxylation is 2.